The molecule has 2 N–H and O–H groups in total. The monoisotopic (exact) mass is 409 g/mol. The van der Waals surface area contributed by atoms with Crippen molar-refractivity contribution in [3.8, 4) is 11.5 Å². The van der Waals surface area contributed by atoms with Crippen LogP contribution in [-0.4, -0.2) is 49.1 Å². The molecule has 2 aromatic rings. The van der Waals surface area contributed by atoms with E-state index in [0.29, 0.717) is 23.5 Å². The van der Waals surface area contributed by atoms with Crippen LogP contribution in [0.25, 0.3) is 11.6 Å². The summed E-state index contributed by atoms with van der Waals surface area (Å²) in [5.74, 6) is -1.02. The minimum absolute atomic E-state index is 0.0487. The molecule has 27 heavy (non-hydrogen) atoms. The second-order valence-corrected chi connectivity index (χ2v) is 9.27. The molecular formula is C18H19NO6S2. The van der Waals surface area contributed by atoms with E-state index in [1.807, 2.05) is 0 Å². The highest BCUT2D eigenvalue weighted by molar-refractivity contribution is 7.91. The van der Waals surface area contributed by atoms with E-state index >= 15 is 0 Å². The van der Waals surface area contributed by atoms with E-state index in [1.54, 1.807) is 6.07 Å². The van der Waals surface area contributed by atoms with Crippen LogP contribution in [0, 0.1) is 0 Å². The Kier molecular flexibility index (Phi) is 5.54. The average molecular weight is 409 g/mol. The van der Waals surface area contributed by atoms with Crippen LogP contribution in [0.3, 0.4) is 0 Å². The molecule has 144 valence electrons. The first-order valence-corrected chi connectivity index (χ1v) is 10.5. The molecule has 0 atom stereocenters. The van der Waals surface area contributed by atoms with Crippen LogP contribution in [0.4, 0.5) is 0 Å². The van der Waals surface area contributed by atoms with Gasteiger partial charge in [0.25, 0.3) is 10.0 Å². The number of thiophene rings is 1. The van der Waals surface area contributed by atoms with E-state index in [-0.39, 0.29) is 21.3 Å². The largest absolute Gasteiger partial charge is 0.504 e. The molecule has 0 bridgehead atoms. The van der Waals surface area contributed by atoms with E-state index in [0.717, 1.165) is 24.2 Å². The molecule has 1 fully saturated rings. The topological polar surface area (TPSA) is 104 Å². The lowest BCUT2D eigenvalue weighted by molar-refractivity contribution is -0.130. The molecule has 1 saturated heterocycles. The Morgan fingerprint density at radius 3 is 2.52 bits per heavy atom. The van der Waals surface area contributed by atoms with Crippen molar-refractivity contribution in [1.29, 1.82) is 0 Å². The molecule has 0 spiro atoms. The van der Waals surface area contributed by atoms with Gasteiger partial charge in [0.1, 0.15) is 4.21 Å². The Hall–Kier alpha value is -2.36. The number of aliphatic carboxylic acids is 1. The lowest BCUT2D eigenvalue weighted by atomic mass is 10.1. The van der Waals surface area contributed by atoms with Gasteiger partial charge in [-0.1, -0.05) is 6.07 Å². The molecule has 1 aliphatic heterocycles. The van der Waals surface area contributed by atoms with Crippen LogP contribution >= 0.6 is 11.3 Å². The number of rotatable bonds is 6. The van der Waals surface area contributed by atoms with Gasteiger partial charge in [-0.25, -0.2) is 13.2 Å². The summed E-state index contributed by atoms with van der Waals surface area (Å²) in [7, 11) is -2.17. The van der Waals surface area contributed by atoms with Gasteiger partial charge < -0.3 is 14.9 Å². The van der Waals surface area contributed by atoms with E-state index in [2.05, 4.69) is 0 Å². The standard InChI is InChI=1S/C18H19NO6S2/c1-25-15-5-4-12(11-14(15)20)10-13(18(21)22)16-6-7-17(26-16)27(23,24)19-8-2-3-9-19/h4-7,10-11,20H,2-3,8-9H2,1H3,(H,21,22)/b13-10-. The number of carboxylic acid groups (broad SMARTS) is 1. The molecule has 0 unspecified atom stereocenters. The Morgan fingerprint density at radius 2 is 1.93 bits per heavy atom. The third kappa shape index (κ3) is 4.00. The van der Waals surface area contributed by atoms with Crippen molar-refractivity contribution < 1.29 is 28.2 Å². The maximum absolute atomic E-state index is 12.6. The number of phenols is 1. The van der Waals surface area contributed by atoms with Gasteiger partial charge in [-0.05, 0) is 48.7 Å². The smallest absolute Gasteiger partial charge is 0.337 e. The highest BCUT2D eigenvalue weighted by atomic mass is 32.2. The number of ether oxygens (including phenoxy) is 1. The summed E-state index contributed by atoms with van der Waals surface area (Å²) >= 11 is 0.928. The van der Waals surface area contributed by atoms with E-state index < -0.39 is 16.0 Å². The number of aromatic hydroxyl groups is 1. The normalized spacial score (nSPS) is 15.8. The van der Waals surface area contributed by atoms with Crippen molar-refractivity contribution >= 4 is 39.0 Å². The summed E-state index contributed by atoms with van der Waals surface area (Å²) in [5, 5.41) is 19.4. The molecule has 1 aliphatic rings. The maximum atomic E-state index is 12.6. The number of carbonyl (C=O) groups is 1. The lowest BCUT2D eigenvalue weighted by Crippen LogP contribution is -2.27. The summed E-state index contributed by atoms with van der Waals surface area (Å²) in [6.07, 6.45) is 3.05. The second kappa shape index (κ2) is 7.71. The number of methoxy groups -OCH3 is 1. The average Bonchev–Trinajstić information content (AvgIpc) is 3.31. The summed E-state index contributed by atoms with van der Waals surface area (Å²) < 4.78 is 31.8. The van der Waals surface area contributed by atoms with Crippen LogP contribution in [0.15, 0.2) is 34.5 Å². The number of hydrogen-bond donors (Lipinski definition) is 2. The summed E-state index contributed by atoms with van der Waals surface area (Å²) in [6, 6.07) is 7.46. The van der Waals surface area contributed by atoms with Gasteiger partial charge in [0, 0.05) is 18.0 Å². The molecule has 7 nitrogen and oxygen atoms in total. The van der Waals surface area contributed by atoms with Crippen LogP contribution in [0.5, 0.6) is 11.5 Å². The van der Waals surface area contributed by atoms with Crippen LogP contribution in [0.2, 0.25) is 0 Å². The van der Waals surface area contributed by atoms with Gasteiger partial charge in [-0.15, -0.1) is 11.3 Å². The van der Waals surface area contributed by atoms with Crippen LogP contribution < -0.4 is 4.74 Å². The predicted octanol–water partition coefficient (Wildman–Crippen LogP) is 2.87. The molecule has 1 aromatic carbocycles. The molecule has 0 aliphatic carbocycles. The number of nitrogens with zero attached hydrogens (tertiary/aromatic N) is 1. The van der Waals surface area contributed by atoms with Gasteiger partial charge >= 0.3 is 5.97 Å². The summed E-state index contributed by atoms with van der Waals surface area (Å²) in [5.41, 5.74) is 0.412. The molecule has 9 heteroatoms. The number of hydrogen-bond acceptors (Lipinski definition) is 6. The fourth-order valence-electron chi connectivity index (χ4n) is 2.86. The Bertz CT molecular complexity index is 987. The number of sulfonamides is 1. The molecule has 0 amide bonds. The minimum atomic E-state index is -3.59. The van der Waals surface area contributed by atoms with Crippen molar-refractivity contribution in [3.05, 3.63) is 40.8 Å². The fraction of sp³-hybridized carbons (Fsp3) is 0.278. The van der Waals surface area contributed by atoms with Crippen molar-refractivity contribution in [2.24, 2.45) is 0 Å². The predicted molar refractivity (Wildman–Crippen MR) is 102 cm³/mol. The zero-order valence-corrected chi connectivity index (χ0v) is 16.2. The zero-order valence-electron chi connectivity index (χ0n) is 14.6. The van der Waals surface area contributed by atoms with E-state index in [9.17, 15) is 23.4 Å². The highest BCUT2D eigenvalue weighted by Gasteiger charge is 2.29. The highest BCUT2D eigenvalue weighted by Crippen LogP contribution is 2.33. The Labute approximate surface area is 161 Å². The lowest BCUT2D eigenvalue weighted by Gasteiger charge is -2.13. The molecule has 3 rings (SSSR count). The first-order chi connectivity index (χ1) is 12.8. The third-order valence-corrected chi connectivity index (χ3v) is 7.73. The van der Waals surface area contributed by atoms with Gasteiger partial charge in [0.2, 0.25) is 0 Å². The quantitative estimate of drug-likeness (QED) is 0.711. The number of phenolic OH excluding ortho intramolecular Hbond substituents is 1. The first kappa shape index (κ1) is 19.4. The van der Waals surface area contributed by atoms with Crippen molar-refractivity contribution in [1.82, 2.24) is 4.31 Å². The first-order valence-electron chi connectivity index (χ1n) is 8.25. The molecule has 2 heterocycles. The third-order valence-electron chi connectivity index (χ3n) is 4.25. The van der Waals surface area contributed by atoms with Gasteiger partial charge in [0.15, 0.2) is 11.5 Å². The number of benzene rings is 1. The minimum Gasteiger partial charge on any atom is -0.504 e. The Morgan fingerprint density at radius 1 is 1.22 bits per heavy atom. The second-order valence-electron chi connectivity index (χ2n) is 6.02. The van der Waals surface area contributed by atoms with E-state index in [4.69, 9.17) is 4.74 Å². The Balaban J connectivity index is 1.96. The molecule has 0 saturated carbocycles. The SMILES string of the molecule is COc1ccc(/C=C(\C(=O)O)c2ccc(S(=O)(=O)N3CCCC3)s2)cc1O. The molecular weight excluding hydrogens is 390 g/mol. The number of carboxylic acids is 1. The van der Waals surface area contributed by atoms with E-state index in [1.165, 1.54) is 41.8 Å². The van der Waals surface area contributed by atoms with Gasteiger partial charge in [-0.3, -0.25) is 0 Å². The van der Waals surface area contributed by atoms with Crippen molar-refractivity contribution in [3.63, 3.8) is 0 Å². The molecule has 0 radical (unpaired) electrons. The van der Waals surface area contributed by atoms with Crippen molar-refractivity contribution in [2.45, 2.75) is 17.1 Å². The fourth-order valence-corrected chi connectivity index (χ4v) is 5.85. The van der Waals surface area contributed by atoms with Gasteiger partial charge in [0.05, 0.1) is 12.7 Å². The summed E-state index contributed by atoms with van der Waals surface area (Å²) in [6.45, 7) is 0.977. The van der Waals surface area contributed by atoms with Crippen molar-refractivity contribution in [2.75, 3.05) is 20.2 Å². The van der Waals surface area contributed by atoms with Crippen LogP contribution in [0.1, 0.15) is 23.3 Å². The summed E-state index contributed by atoms with van der Waals surface area (Å²) in [4.78, 5) is 12.0. The molecule has 1 aromatic heterocycles. The maximum Gasteiger partial charge on any atom is 0.337 e. The van der Waals surface area contributed by atoms with Crippen LogP contribution in [-0.2, 0) is 14.8 Å². The van der Waals surface area contributed by atoms with Gasteiger partial charge in [-0.2, -0.15) is 4.31 Å². The zero-order chi connectivity index (χ0) is 19.6.